The van der Waals surface area contributed by atoms with Gasteiger partial charge < -0.3 is 33.6 Å². The Hall–Kier alpha value is -4.01. The molecule has 0 unspecified atom stereocenters. The van der Waals surface area contributed by atoms with Crippen molar-refractivity contribution in [2.45, 2.75) is 74.7 Å². The molecule has 2 heterocycles. The summed E-state index contributed by atoms with van der Waals surface area (Å²) in [6.45, 7) is 17.0. The summed E-state index contributed by atoms with van der Waals surface area (Å²) in [5.74, 6) is 3.77. The van der Waals surface area contributed by atoms with E-state index < -0.39 is 0 Å². The van der Waals surface area contributed by atoms with Gasteiger partial charge in [0.05, 0.1) is 23.0 Å². The number of hydrogen-bond donors (Lipinski definition) is 0. The van der Waals surface area contributed by atoms with Gasteiger partial charge in [-0.1, -0.05) is 93.0 Å². The predicted octanol–water partition coefficient (Wildman–Crippen LogP) is 8.34. The summed E-state index contributed by atoms with van der Waals surface area (Å²) in [4.78, 5) is 0. The Kier molecular flexibility index (Phi) is 13.7. The fourth-order valence-corrected chi connectivity index (χ4v) is 8.47. The molecule has 1 saturated carbocycles. The second kappa shape index (κ2) is 17.8. The van der Waals surface area contributed by atoms with Gasteiger partial charge in [0.2, 0.25) is 0 Å². The standard InChI is InChI=1S/2C23H21O.C4H6.2ClH.Zr/c2*1-14-9-15(2)11-20(10-14)23-16(3)5-7-18-12-19(13-21(18)23)22-8-6-17(4)24-22;1-2-4-3-1;;;/h2*5-13H,1-4H3;1-3H2;2*1H;/q2*-1;;;;+2/p-2. The van der Waals surface area contributed by atoms with Gasteiger partial charge in [-0.05, 0) is 102 Å². The molecule has 0 radical (unpaired) electrons. The van der Waals surface area contributed by atoms with E-state index in [0.717, 1.165) is 34.2 Å². The van der Waals surface area contributed by atoms with E-state index in [0.29, 0.717) is 0 Å². The van der Waals surface area contributed by atoms with Gasteiger partial charge in [0, 0.05) is 0 Å². The third-order valence-corrected chi connectivity index (χ3v) is 11.5. The summed E-state index contributed by atoms with van der Waals surface area (Å²) in [7, 11) is 0. The number of benzene rings is 4. The molecular weight excluding hydrogens is 795 g/mol. The van der Waals surface area contributed by atoms with Crippen molar-refractivity contribution < 1.29 is 57.9 Å². The van der Waals surface area contributed by atoms with Crippen LogP contribution in [0.15, 0.2) is 118 Å². The van der Waals surface area contributed by atoms with Crippen molar-refractivity contribution in [2.75, 3.05) is 0 Å². The zero-order valence-electron chi connectivity index (χ0n) is 33.1. The van der Waals surface area contributed by atoms with E-state index in [2.05, 4.69) is 126 Å². The van der Waals surface area contributed by atoms with Crippen LogP contribution in [0.1, 0.15) is 64.2 Å². The summed E-state index contributed by atoms with van der Waals surface area (Å²) in [6, 6.07) is 39.5. The van der Waals surface area contributed by atoms with Crippen LogP contribution in [0.25, 0.3) is 66.4 Å². The number of rotatable bonds is 4. The third kappa shape index (κ3) is 9.52. The maximum absolute atomic E-state index is 5.81. The minimum atomic E-state index is 0. The molecule has 6 aromatic carbocycles. The molecule has 9 rings (SSSR count). The molecule has 0 saturated heterocycles. The van der Waals surface area contributed by atoms with Crippen LogP contribution in [0, 0.1) is 55.4 Å². The molecule has 2 nitrogen and oxygen atoms in total. The van der Waals surface area contributed by atoms with Gasteiger partial charge in [-0.2, -0.15) is 0 Å². The summed E-state index contributed by atoms with van der Waals surface area (Å²) < 4.78 is 13.4. The summed E-state index contributed by atoms with van der Waals surface area (Å²) >= 11 is 1.67. The first kappa shape index (κ1) is 42.1. The van der Waals surface area contributed by atoms with Crippen LogP contribution in [-0.2, 0) is 24.2 Å². The van der Waals surface area contributed by atoms with E-state index in [9.17, 15) is 0 Å². The Labute approximate surface area is 353 Å². The molecule has 1 aliphatic carbocycles. The van der Waals surface area contributed by atoms with Crippen LogP contribution in [0.3, 0.4) is 0 Å². The van der Waals surface area contributed by atoms with Gasteiger partial charge in [-0.25, -0.2) is 0 Å². The molecule has 1 aliphatic rings. The molecule has 0 atom stereocenters. The van der Waals surface area contributed by atoms with Crippen molar-refractivity contribution in [2.24, 2.45) is 0 Å². The Morgan fingerprint density at radius 1 is 0.473 bits per heavy atom. The molecular formula is C50H48Cl2O2Zr-2. The van der Waals surface area contributed by atoms with Crippen LogP contribution in [0.4, 0.5) is 0 Å². The molecule has 0 amide bonds. The van der Waals surface area contributed by atoms with Crippen LogP contribution < -0.4 is 24.8 Å². The van der Waals surface area contributed by atoms with E-state index in [-0.39, 0.29) is 24.8 Å². The van der Waals surface area contributed by atoms with Crippen molar-refractivity contribution >= 4 is 24.8 Å². The number of furan rings is 2. The predicted molar refractivity (Wildman–Crippen MR) is 222 cm³/mol. The molecule has 5 heteroatoms. The first-order chi connectivity index (χ1) is 25.4. The Morgan fingerprint density at radius 2 is 0.836 bits per heavy atom. The normalized spacial score (nSPS) is 11.9. The van der Waals surface area contributed by atoms with Crippen molar-refractivity contribution in [1.29, 1.82) is 0 Å². The van der Waals surface area contributed by atoms with E-state index >= 15 is 0 Å². The van der Waals surface area contributed by atoms with Crippen molar-refractivity contribution in [3.63, 3.8) is 0 Å². The van der Waals surface area contributed by atoms with Crippen LogP contribution in [-0.4, -0.2) is 3.21 Å². The Balaban J connectivity index is 0.000000181. The number of fused-ring (bicyclic) bond motifs is 2. The van der Waals surface area contributed by atoms with E-state index in [1.54, 1.807) is 27.4 Å². The van der Waals surface area contributed by atoms with Crippen molar-refractivity contribution in [3.05, 3.63) is 154 Å². The van der Waals surface area contributed by atoms with Gasteiger partial charge in [0.15, 0.2) is 0 Å². The summed E-state index contributed by atoms with van der Waals surface area (Å²) in [5.41, 5.74) is 15.4. The molecule has 8 aromatic rings. The van der Waals surface area contributed by atoms with Crippen LogP contribution in [0.2, 0.25) is 0 Å². The molecule has 0 N–H and O–H groups in total. The average Bonchev–Trinajstić information content (AvgIpc) is 3.90. The van der Waals surface area contributed by atoms with Crippen molar-refractivity contribution in [3.8, 4) is 44.9 Å². The van der Waals surface area contributed by atoms with Gasteiger partial charge in [-0.3, -0.25) is 0 Å². The Bertz CT molecular complexity index is 2390. The van der Waals surface area contributed by atoms with Gasteiger partial charge in [-0.15, -0.1) is 57.9 Å². The molecule has 0 aliphatic heterocycles. The maximum atomic E-state index is 5.81. The fraction of sp³-hybridized carbons (Fsp3) is 0.220. The number of halogens is 2. The van der Waals surface area contributed by atoms with Crippen LogP contribution >= 0.6 is 0 Å². The van der Waals surface area contributed by atoms with Crippen molar-refractivity contribution in [1.82, 2.24) is 0 Å². The average molecular weight is 843 g/mol. The number of aryl methyl sites for hydroxylation is 8. The third-order valence-electron chi connectivity index (χ3n) is 10.2. The summed E-state index contributed by atoms with van der Waals surface area (Å²) in [6.07, 6.45) is 4.36. The zero-order chi connectivity index (χ0) is 37.4. The fourth-order valence-electron chi connectivity index (χ4n) is 7.60. The van der Waals surface area contributed by atoms with Gasteiger partial charge in [0.25, 0.3) is 0 Å². The first-order valence-corrected chi connectivity index (χ1v) is 19.9. The van der Waals surface area contributed by atoms with E-state index in [4.69, 9.17) is 8.83 Å². The molecule has 0 bridgehead atoms. The van der Waals surface area contributed by atoms with Crippen LogP contribution in [0.5, 0.6) is 0 Å². The van der Waals surface area contributed by atoms with Gasteiger partial charge in [0.1, 0.15) is 0 Å². The molecule has 280 valence electrons. The molecule has 1 fully saturated rings. The topological polar surface area (TPSA) is 26.3 Å². The molecule has 0 spiro atoms. The zero-order valence-corrected chi connectivity index (χ0v) is 37.1. The Morgan fingerprint density at radius 3 is 1.13 bits per heavy atom. The second-order valence-electron chi connectivity index (χ2n) is 15.0. The van der Waals surface area contributed by atoms with Gasteiger partial charge >= 0.3 is 46.7 Å². The van der Waals surface area contributed by atoms with E-state index in [1.807, 2.05) is 38.1 Å². The number of hydrogen-bond acceptors (Lipinski definition) is 2. The second-order valence-corrected chi connectivity index (χ2v) is 16.8. The first-order valence-electron chi connectivity index (χ1n) is 18.7. The molecule has 55 heavy (non-hydrogen) atoms. The minimum absolute atomic E-state index is 0. The summed E-state index contributed by atoms with van der Waals surface area (Å²) in [5, 5.41) is 5.12. The quantitative estimate of drug-likeness (QED) is 0.167. The molecule has 2 aromatic heterocycles. The van der Waals surface area contributed by atoms with E-state index in [1.165, 1.54) is 96.4 Å². The SMILES string of the molecule is Cc1cc(C)cc(-c2c(C)ccc3[cH-]c(-c4ccc(C)o4)cc23)c1.Cc1cc(C)cc(-c2c(C)ccc3[cH-]c(-c4ccc(C)o4)cc23)c1.[Cl-].[Cl-].[Zr+2]=[C]1CCC1. The monoisotopic (exact) mass is 840 g/mol.